The molecule has 0 aromatic carbocycles. The van der Waals surface area contributed by atoms with Gasteiger partial charge in [0, 0.05) is 19.6 Å². The topological polar surface area (TPSA) is 78.9 Å². The maximum atomic E-state index is 11.1. The van der Waals surface area contributed by atoms with E-state index in [2.05, 4.69) is 10.1 Å². The molecule has 13 heavy (non-hydrogen) atoms. The van der Waals surface area contributed by atoms with Gasteiger partial charge in [-0.2, -0.15) is 0 Å². The minimum absolute atomic E-state index is 0.315. The molecule has 6 heteroatoms. The monoisotopic (exact) mass is 188 g/mol. The lowest BCUT2D eigenvalue weighted by Crippen LogP contribution is -2.56. The van der Waals surface area contributed by atoms with Crippen molar-refractivity contribution in [3.05, 3.63) is 0 Å². The number of rotatable bonds is 1. The number of esters is 1. The Kier molecular flexibility index (Phi) is 3.07. The number of carbonyl (C=O) groups excluding carboxylic acids is 1. The van der Waals surface area contributed by atoms with E-state index in [1.165, 1.54) is 7.11 Å². The van der Waals surface area contributed by atoms with Crippen molar-refractivity contribution in [3.63, 3.8) is 0 Å². The summed E-state index contributed by atoms with van der Waals surface area (Å²) in [4.78, 5) is 22.9. The summed E-state index contributed by atoms with van der Waals surface area (Å²) < 4.78 is 4.49. The van der Waals surface area contributed by atoms with Crippen LogP contribution in [0.25, 0.3) is 0 Å². The highest BCUT2D eigenvalue weighted by Gasteiger charge is 2.32. The molecular weight excluding hydrogens is 176 g/mol. The van der Waals surface area contributed by atoms with Crippen molar-refractivity contribution in [3.8, 4) is 0 Å². The second-order valence-corrected chi connectivity index (χ2v) is 2.72. The molecule has 6 nitrogen and oxygen atoms in total. The lowest BCUT2D eigenvalue weighted by atomic mass is 10.2. The van der Waals surface area contributed by atoms with Gasteiger partial charge in [0.25, 0.3) is 0 Å². The molecule has 0 aliphatic carbocycles. The molecule has 1 heterocycles. The maximum absolute atomic E-state index is 11.1. The van der Waals surface area contributed by atoms with Gasteiger partial charge >= 0.3 is 12.1 Å². The normalized spacial score (nSPS) is 22.5. The zero-order valence-electron chi connectivity index (χ0n) is 7.32. The van der Waals surface area contributed by atoms with E-state index in [4.69, 9.17) is 5.11 Å². The Labute approximate surface area is 75.5 Å². The van der Waals surface area contributed by atoms with Crippen LogP contribution < -0.4 is 5.32 Å². The van der Waals surface area contributed by atoms with E-state index in [0.29, 0.717) is 19.6 Å². The van der Waals surface area contributed by atoms with Gasteiger partial charge in [0.1, 0.15) is 6.04 Å². The summed E-state index contributed by atoms with van der Waals surface area (Å²) in [5.41, 5.74) is 0. The smallest absolute Gasteiger partial charge is 0.408 e. The standard InChI is InChI=1S/C7H12N2O4/c1-13-6(10)5-4-8-2-3-9(5)7(11)12/h5,8H,2-4H2,1H3,(H,11,12)/t5-/m1/s1. The zero-order valence-corrected chi connectivity index (χ0v) is 7.32. The van der Waals surface area contributed by atoms with Crippen LogP contribution in [-0.2, 0) is 9.53 Å². The van der Waals surface area contributed by atoms with Crippen molar-refractivity contribution >= 4 is 12.1 Å². The van der Waals surface area contributed by atoms with Crippen LogP contribution in [0.2, 0.25) is 0 Å². The van der Waals surface area contributed by atoms with Crippen LogP contribution in [0.1, 0.15) is 0 Å². The Morgan fingerprint density at radius 3 is 2.85 bits per heavy atom. The van der Waals surface area contributed by atoms with Crippen molar-refractivity contribution in [2.24, 2.45) is 0 Å². The summed E-state index contributed by atoms with van der Waals surface area (Å²) >= 11 is 0. The minimum Gasteiger partial charge on any atom is -0.467 e. The number of ether oxygens (including phenoxy) is 1. The number of carboxylic acid groups (broad SMARTS) is 1. The molecule has 0 aromatic rings. The molecule has 1 amide bonds. The number of nitrogens with one attached hydrogen (secondary N) is 1. The van der Waals surface area contributed by atoms with Crippen molar-refractivity contribution in [2.45, 2.75) is 6.04 Å². The molecule has 1 rings (SSSR count). The van der Waals surface area contributed by atoms with E-state index in [1.54, 1.807) is 0 Å². The van der Waals surface area contributed by atoms with Crippen LogP contribution in [0.5, 0.6) is 0 Å². The Morgan fingerprint density at radius 1 is 1.62 bits per heavy atom. The van der Waals surface area contributed by atoms with E-state index in [1.807, 2.05) is 0 Å². The Morgan fingerprint density at radius 2 is 2.31 bits per heavy atom. The highest BCUT2D eigenvalue weighted by atomic mass is 16.5. The first-order valence-electron chi connectivity index (χ1n) is 3.95. The van der Waals surface area contributed by atoms with Crippen LogP contribution >= 0.6 is 0 Å². The first kappa shape index (κ1) is 9.79. The molecule has 1 atom stereocenters. The molecule has 0 spiro atoms. The second kappa shape index (κ2) is 4.08. The summed E-state index contributed by atoms with van der Waals surface area (Å²) in [7, 11) is 1.25. The number of nitrogens with zero attached hydrogens (tertiary/aromatic N) is 1. The first-order chi connectivity index (χ1) is 6.16. The van der Waals surface area contributed by atoms with Gasteiger partial charge < -0.3 is 15.2 Å². The van der Waals surface area contributed by atoms with Crippen LogP contribution in [-0.4, -0.2) is 54.9 Å². The number of hydrogen-bond donors (Lipinski definition) is 2. The number of hydrogen-bond acceptors (Lipinski definition) is 4. The van der Waals surface area contributed by atoms with E-state index in [9.17, 15) is 9.59 Å². The lowest BCUT2D eigenvalue weighted by molar-refractivity contribution is -0.146. The SMILES string of the molecule is COC(=O)[C@H]1CNCCN1C(=O)O. The van der Waals surface area contributed by atoms with Gasteiger partial charge in [0.2, 0.25) is 0 Å². The predicted octanol–water partition coefficient (Wildman–Crippen LogP) is -0.889. The Hall–Kier alpha value is -1.30. The van der Waals surface area contributed by atoms with Gasteiger partial charge in [-0.1, -0.05) is 0 Å². The van der Waals surface area contributed by atoms with Gasteiger partial charge in [-0.25, -0.2) is 9.59 Å². The van der Waals surface area contributed by atoms with E-state index in [0.717, 1.165) is 4.90 Å². The van der Waals surface area contributed by atoms with Crippen LogP contribution in [0.3, 0.4) is 0 Å². The Balaban J connectivity index is 2.67. The summed E-state index contributed by atoms with van der Waals surface area (Å²) in [6, 6.07) is -0.712. The molecular formula is C7H12N2O4. The zero-order chi connectivity index (χ0) is 9.84. The molecule has 0 aromatic heterocycles. The third kappa shape index (κ3) is 2.09. The highest BCUT2D eigenvalue weighted by molar-refractivity contribution is 5.81. The molecule has 74 valence electrons. The molecule has 2 N–H and O–H groups in total. The fraction of sp³-hybridized carbons (Fsp3) is 0.714. The molecule has 0 saturated carbocycles. The molecule has 1 saturated heterocycles. The lowest BCUT2D eigenvalue weighted by Gasteiger charge is -2.31. The number of piperazine rings is 1. The van der Waals surface area contributed by atoms with Gasteiger partial charge in [-0.05, 0) is 0 Å². The van der Waals surface area contributed by atoms with Crippen molar-refractivity contribution < 1.29 is 19.4 Å². The highest BCUT2D eigenvalue weighted by Crippen LogP contribution is 2.04. The summed E-state index contributed by atoms with van der Waals surface area (Å²) in [5.74, 6) is -0.519. The van der Waals surface area contributed by atoms with Gasteiger partial charge in [0.05, 0.1) is 7.11 Å². The average Bonchev–Trinajstić information content (AvgIpc) is 2.16. The van der Waals surface area contributed by atoms with Crippen molar-refractivity contribution in [1.82, 2.24) is 10.2 Å². The molecule has 1 aliphatic rings. The van der Waals surface area contributed by atoms with Crippen LogP contribution in [0.4, 0.5) is 4.79 Å². The maximum Gasteiger partial charge on any atom is 0.408 e. The molecule has 1 aliphatic heterocycles. The quantitative estimate of drug-likeness (QED) is 0.522. The third-order valence-corrected chi connectivity index (χ3v) is 1.96. The minimum atomic E-state index is -1.09. The number of carbonyl (C=O) groups is 2. The first-order valence-corrected chi connectivity index (χ1v) is 3.95. The average molecular weight is 188 g/mol. The van der Waals surface area contributed by atoms with Crippen molar-refractivity contribution in [2.75, 3.05) is 26.7 Å². The van der Waals surface area contributed by atoms with Crippen LogP contribution in [0.15, 0.2) is 0 Å². The fourth-order valence-electron chi connectivity index (χ4n) is 1.28. The van der Waals surface area contributed by atoms with Gasteiger partial charge in [-0.15, -0.1) is 0 Å². The fourth-order valence-corrected chi connectivity index (χ4v) is 1.28. The summed E-state index contributed by atoms with van der Waals surface area (Å²) in [5, 5.41) is 11.7. The number of methoxy groups -OCH3 is 1. The molecule has 0 radical (unpaired) electrons. The Bertz CT molecular complexity index is 219. The molecule has 0 bridgehead atoms. The largest absolute Gasteiger partial charge is 0.467 e. The number of amides is 1. The van der Waals surface area contributed by atoms with E-state index >= 15 is 0 Å². The predicted molar refractivity (Wildman–Crippen MR) is 43.4 cm³/mol. The van der Waals surface area contributed by atoms with Crippen LogP contribution in [0, 0.1) is 0 Å². The second-order valence-electron chi connectivity index (χ2n) is 2.72. The van der Waals surface area contributed by atoms with Gasteiger partial charge in [-0.3, -0.25) is 4.90 Å². The molecule has 0 unspecified atom stereocenters. The third-order valence-electron chi connectivity index (χ3n) is 1.96. The molecule has 1 fully saturated rings. The summed E-state index contributed by atoms with van der Waals surface area (Å²) in [6.45, 7) is 1.20. The van der Waals surface area contributed by atoms with Gasteiger partial charge in [0.15, 0.2) is 0 Å². The van der Waals surface area contributed by atoms with E-state index < -0.39 is 18.1 Å². The van der Waals surface area contributed by atoms with Crippen molar-refractivity contribution in [1.29, 1.82) is 0 Å². The van der Waals surface area contributed by atoms with E-state index in [-0.39, 0.29) is 0 Å². The summed E-state index contributed by atoms with van der Waals surface area (Å²) in [6.07, 6.45) is -1.09.